The summed E-state index contributed by atoms with van der Waals surface area (Å²) in [5.41, 5.74) is 3.67. The van der Waals surface area contributed by atoms with Crippen LogP contribution in [0.5, 0.6) is 11.5 Å². The highest BCUT2D eigenvalue weighted by molar-refractivity contribution is 6.38. The number of hydrogen-bond donors (Lipinski definition) is 3. The van der Waals surface area contributed by atoms with E-state index >= 15 is 0 Å². The normalized spacial score (nSPS) is 20.8. The largest absolute Gasteiger partial charge is 0.490 e. The molecule has 3 saturated heterocycles. The molecular weight excluding hydrogens is 651 g/mol. The van der Waals surface area contributed by atoms with Crippen molar-refractivity contribution in [1.29, 1.82) is 10.8 Å². The number of nitrogens with one attached hydrogen (secondary N) is 3. The zero-order chi connectivity index (χ0) is 36.0. The van der Waals surface area contributed by atoms with Gasteiger partial charge in [0.1, 0.15) is 29.8 Å². The number of amides is 1. The van der Waals surface area contributed by atoms with Gasteiger partial charge in [0, 0.05) is 86.6 Å². The maximum absolute atomic E-state index is 13.7. The Morgan fingerprint density at radius 3 is 2.61 bits per heavy atom. The van der Waals surface area contributed by atoms with Crippen LogP contribution in [0.2, 0.25) is 0 Å². The Balaban J connectivity index is 0.000000689. The van der Waals surface area contributed by atoms with Crippen LogP contribution in [0.25, 0.3) is 0 Å². The average Bonchev–Trinajstić information content (AvgIpc) is 3.56. The van der Waals surface area contributed by atoms with E-state index in [1.165, 1.54) is 43.6 Å². The van der Waals surface area contributed by atoms with Gasteiger partial charge in [-0.2, -0.15) is 0 Å². The van der Waals surface area contributed by atoms with Gasteiger partial charge in [0.05, 0.1) is 6.61 Å². The molecule has 3 N–H and O–H groups in total. The number of pyridine rings is 1. The maximum Gasteiger partial charge on any atom is 0.255 e. The fraction of sp³-hybridized carbons (Fsp3) is 0.605. The zero-order valence-corrected chi connectivity index (χ0v) is 30.3. The Labute approximate surface area is 300 Å². The number of hydrogen-bond acceptors (Lipinski definition) is 9. The molecular formula is C38H53FN8O4. The van der Waals surface area contributed by atoms with Crippen molar-refractivity contribution >= 4 is 24.5 Å². The second kappa shape index (κ2) is 16.2. The van der Waals surface area contributed by atoms with E-state index in [2.05, 4.69) is 25.1 Å². The number of benzene rings is 1. The molecule has 2 spiro atoms. The molecule has 0 radical (unpaired) electrons. The van der Waals surface area contributed by atoms with Gasteiger partial charge in [0.25, 0.3) is 5.90 Å². The highest BCUT2D eigenvalue weighted by atomic mass is 19.1. The van der Waals surface area contributed by atoms with E-state index in [0.717, 1.165) is 89.5 Å². The molecule has 7 rings (SSSR count). The molecule has 4 aliphatic heterocycles. The molecule has 0 unspecified atom stereocenters. The molecule has 0 atom stereocenters. The first kappa shape index (κ1) is 36.8. The zero-order valence-electron chi connectivity index (χ0n) is 30.3. The lowest BCUT2D eigenvalue weighted by Gasteiger charge is -2.59. The number of carbonyl (C=O) groups is 1. The summed E-state index contributed by atoms with van der Waals surface area (Å²) in [6.07, 6.45) is 9.50. The topological polar surface area (TPSA) is 139 Å². The van der Waals surface area contributed by atoms with Crippen LogP contribution in [-0.4, -0.2) is 115 Å². The summed E-state index contributed by atoms with van der Waals surface area (Å²) in [7, 11) is 0. The number of ether oxygens (including phenoxy) is 3. The number of amidine groups is 1. The summed E-state index contributed by atoms with van der Waals surface area (Å²) in [6, 6.07) is 6.60. The van der Waals surface area contributed by atoms with Gasteiger partial charge in [-0.25, -0.2) is 9.38 Å². The predicted octanol–water partition coefficient (Wildman–Crippen LogP) is 4.30. The van der Waals surface area contributed by atoms with Gasteiger partial charge < -0.3 is 29.3 Å². The molecule has 2 aromatic rings. The third kappa shape index (κ3) is 8.75. The lowest BCUT2D eigenvalue weighted by molar-refractivity contribution is -0.109. The first-order chi connectivity index (χ1) is 24.6. The maximum atomic E-state index is 13.7. The van der Waals surface area contributed by atoms with Crippen LogP contribution < -0.4 is 14.8 Å². The number of halogens is 1. The Hall–Kier alpha value is -3.94. The number of nitrogens with zero attached hydrogens (tertiary/aromatic N) is 5. The number of likely N-dealkylation sites (tertiary alicyclic amines) is 2. The fourth-order valence-corrected chi connectivity index (χ4v) is 8.15. The highest BCUT2D eigenvalue weighted by Crippen LogP contribution is 2.50. The van der Waals surface area contributed by atoms with E-state index < -0.39 is 0 Å². The van der Waals surface area contributed by atoms with Gasteiger partial charge in [-0.3, -0.25) is 25.5 Å². The van der Waals surface area contributed by atoms with Crippen LogP contribution in [0.1, 0.15) is 63.3 Å². The van der Waals surface area contributed by atoms with E-state index in [0.29, 0.717) is 35.4 Å². The molecule has 1 amide bonds. The molecule has 1 saturated carbocycles. The van der Waals surface area contributed by atoms with E-state index in [4.69, 9.17) is 25.0 Å². The van der Waals surface area contributed by atoms with E-state index in [-0.39, 0.29) is 29.3 Å². The number of carbonyl (C=O) groups excluding carboxylic acids is 1. The van der Waals surface area contributed by atoms with Gasteiger partial charge in [-0.05, 0) is 88.9 Å². The van der Waals surface area contributed by atoms with Crippen molar-refractivity contribution in [3.63, 3.8) is 0 Å². The van der Waals surface area contributed by atoms with Gasteiger partial charge in [0.2, 0.25) is 6.41 Å². The summed E-state index contributed by atoms with van der Waals surface area (Å²) in [6.45, 7) is 15.7. The standard InChI is InChI=1S/C34H44FN7O3.C4H9NO/c1-2-24-14-25(35)4-5-29(24)45-31(37)32(39-23-36)42-20-34(21-42)15-26(16-34)44-30-6-9-38-28-7-12-40(17-27(28)30)10-3-11-41-18-33(19-41)8-13-43-22-33;1-4(2)5-3-6/h4-6,9,14,23,26,36-37H,2-3,7-8,10-13,15-22H2,1H3;3-4H,1-2H3,(H,5,6). The molecule has 5 aliphatic rings. The van der Waals surface area contributed by atoms with E-state index in [9.17, 15) is 9.18 Å². The van der Waals surface area contributed by atoms with Crippen LogP contribution in [0.4, 0.5) is 4.39 Å². The van der Waals surface area contributed by atoms with Crippen molar-refractivity contribution in [1.82, 2.24) is 25.0 Å². The third-order valence-corrected chi connectivity index (χ3v) is 10.8. The molecule has 12 nitrogen and oxygen atoms in total. The Morgan fingerprint density at radius 2 is 1.94 bits per heavy atom. The van der Waals surface area contributed by atoms with Crippen LogP contribution in [-0.2, 0) is 28.9 Å². The summed E-state index contributed by atoms with van der Waals surface area (Å²) >= 11 is 0. The molecule has 1 aromatic carbocycles. The third-order valence-electron chi connectivity index (χ3n) is 10.8. The summed E-state index contributed by atoms with van der Waals surface area (Å²) in [5.74, 6) is 1.28. The first-order valence-corrected chi connectivity index (χ1v) is 18.4. The minimum absolute atomic E-state index is 0.122. The number of aryl methyl sites for hydroxylation is 1. The number of aromatic nitrogens is 1. The molecule has 1 aliphatic carbocycles. The average molecular weight is 705 g/mol. The van der Waals surface area contributed by atoms with Crippen LogP contribution in [0, 0.1) is 27.5 Å². The van der Waals surface area contributed by atoms with Crippen LogP contribution >= 0.6 is 0 Å². The molecule has 13 heteroatoms. The summed E-state index contributed by atoms with van der Waals surface area (Å²) in [5, 5.41) is 18.6. The lowest BCUT2D eigenvalue weighted by atomic mass is 9.61. The van der Waals surface area contributed by atoms with Gasteiger partial charge in [-0.1, -0.05) is 6.92 Å². The Morgan fingerprint density at radius 1 is 1.16 bits per heavy atom. The molecule has 5 heterocycles. The first-order valence-electron chi connectivity index (χ1n) is 18.4. The molecule has 4 fully saturated rings. The van der Waals surface area contributed by atoms with Crippen LogP contribution in [0.3, 0.4) is 0 Å². The van der Waals surface area contributed by atoms with Gasteiger partial charge in [0.15, 0.2) is 5.84 Å². The van der Waals surface area contributed by atoms with Crippen molar-refractivity contribution in [3.8, 4) is 11.5 Å². The van der Waals surface area contributed by atoms with E-state index in [1.807, 2.05) is 37.9 Å². The second-order valence-corrected chi connectivity index (χ2v) is 15.2. The van der Waals surface area contributed by atoms with Crippen molar-refractivity contribution in [2.75, 3.05) is 59.0 Å². The van der Waals surface area contributed by atoms with Crippen molar-refractivity contribution < 1.29 is 23.4 Å². The van der Waals surface area contributed by atoms with Crippen molar-refractivity contribution in [2.45, 2.75) is 78.0 Å². The molecule has 1 aromatic heterocycles. The van der Waals surface area contributed by atoms with Crippen molar-refractivity contribution in [3.05, 3.63) is 53.1 Å². The monoisotopic (exact) mass is 704 g/mol. The highest BCUT2D eigenvalue weighted by Gasteiger charge is 2.55. The minimum atomic E-state index is -0.332. The van der Waals surface area contributed by atoms with E-state index in [1.54, 1.807) is 6.07 Å². The Bertz CT molecular complexity index is 1570. The minimum Gasteiger partial charge on any atom is -0.490 e. The Kier molecular flexibility index (Phi) is 11.7. The van der Waals surface area contributed by atoms with Crippen LogP contribution in [0.15, 0.2) is 35.5 Å². The van der Waals surface area contributed by atoms with Gasteiger partial charge in [-0.15, -0.1) is 0 Å². The number of aliphatic imine (C=N–C) groups is 1. The molecule has 276 valence electrons. The smallest absolute Gasteiger partial charge is 0.255 e. The SMILES string of the molecule is CC(C)NC=O.CCc1cc(F)ccc1OC(=N)C(=NC=N)N1CC2(CC(Oc3ccnc4c3CN(CCCN3CC5(CCOC5)C3)CC4)C2)C1. The molecule has 51 heavy (non-hydrogen) atoms. The summed E-state index contributed by atoms with van der Waals surface area (Å²) < 4.78 is 31.7. The summed E-state index contributed by atoms with van der Waals surface area (Å²) in [4.78, 5) is 25.5. The lowest BCUT2D eigenvalue weighted by Crippen LogP contribution is -2.67. The number of fused-ring (bicyclic) bond motifs is 1. The fourth-order valence-electron chi connectivity index (χ4n) is 8.15. The quantitative estimate of drug-likeness (QED) is 0.179. The predicted molar refractivity (Wildman–Crippen MR) is 194 cm³/mol. The van der Waals surface area contributed by atoms with Crippen molar-refractivity contribution in [2.24, 2.45) is 15.8 Å². The number of rotatable bonds is 11. The van der Waals surface area contributed by atoms with Gasteiger partial charge >= 0.3 is 0 Å². The molecule has 0 bridgehead atoms. The second-order valence-electron chi connectivity index (χ2n) is 15.2.